The highest BCUT2D eigenvalue weighted by molar-refractivity contribution is 5.69. The lowest BCUT2D eigenvalue weighted by Crippen LogP contribution is -2.32. The van der Waals surface area contributed by atoms with E-state index in [0.717, 1.165) is 0 Å². The fourth-order valence-corrected chi connectivity index (χ4v) is 0.871. The van der Waals surface area contributed by atoms with Crippen LogP contribution in [0.2, 0.25) is 0 Å². The second-order valence-corrected chi connectivity index (χ2v) is 3.54. The number of ether oxygens (including phenoxy) is 1. The smallest absolute Gasteiger partial charge is 0.307 e. The molecule has 0 saturated heterocycles. The molecule has 1 N–H and O–H groups in total. The summed E-state index contributed by atoms with van der Waals surface area (Å²) in [6.07, 6.45) is 0.463. The summed E-state index contributed by atoms with van der Waals surface area (Å²) >= 11 is 0. The summed E-state index contributed by atoms with van der Waals surface area (Å²) in [6, 6.07) is 0.453. The van der Waals surface area contributed by atoms with E-state index in [0.29, 0.717) is 31.5 Å². The minimum Gasteiger partial charge on any atom is -0.466 e. The van der Waals surface area contributed by atoms with Crippen molar-refractivity contribution in [3.8, 4) is 0 Å². The van der Waals surface area contributed by atoms with E-state index in [9.17, 15) is 4.79 Å². The monoisotopic (exact) mass is 187 g/mol. The number of rotatable bonds is 6. The molecule has 0 fully saturated rings. The molecule has 3 nitrogen and oxygen atoms in total. The van der Waals surface area contributed by atoms with Crippen LogP contribution >= 0.6 is 0 Å². The highest BCUT2D eigenvalue weighted by atomic mass is 16.5. The van der Waals surface area contributed by atoms with Crippen LogP contribution in [0.3, 0.4) is 0 Å². The fourth-order valence-electron chi connectivity index (χ4n) is 0.871. The van der Waals surface area contributed by atoms with E-state index >= 15 is 0 Å². The maximum atomic E-state index is 10.9. The Balaban J connectivity index is 3.39. The molecule has 0 amide bonds. The third-order valence-electron chi connectivity index (χ3n) is 2.10. The van der Waals surface area contributed by atoms with Crippen molar-refractivity contribution in [2.24, 2.45) is 5.92 Å². The molecule has 0 saturated carbocycles. The maximum absolute atomic E-state index is 10.9. The van der Waals surface area contributed by atoms with Gasteiger partial charge in [-0.1, -0.05) is 13.8 Å². The normalized spacial score (nSPS) is 13.0. The van der Waals surface area contributed by atoms with Crippen LogP contribution in [0, 0.1) is 5.92 Å². The van der Waals surface area contributed by atoms with Crippen molar-refractivity contribution >= 4 is 5.97 Å². The average molecular weight is 187 g/mol. The average Bonchev–Trinajstić information content (AvgIpc) is 2.04. The summed E-state index contributed by atoms with van der Waals surface area (Å²) in [4.78, 5) is 10.9. The van der Waals surface area contributed by atoms with Gasteiger partial charge in [-0.2, -0.15) is 0 Å². The third kappa shape index (κ3) is 6.58. The number of hydrogen-bond donors (Lipinski definition) is 1. The van der Waals surface area contributed by atoms with Gasteiger partial charge in [0.2, 0.25) is 0 Å². The lowest BCUT2D eigenvalue weighted by atomic mass is 10.1. The molecular weight excluding hydrogens is 166 g/mol. The first-order valence-electron chi connectivity index (χ1n) is 4.97. The van der Waals surface area contributed by atoms with E-state index in [1.54, 1.807) is 0 Å². The third-order valence-corrected chi connectivity index (χ3v) is 2.10. The largest absolute Gasteiger partial charge is 0.466 e. The van der Waals surface area contributed by atoms with Crippen molar-refractivity contribution in [2.75, 3.05) is 13.2 Å². The van der Waals surface area contributed by atoms with Gasteiger partial charge in [-0.05, 0) is 19.8 Å². The van der Waals surface area contributed by atoms with Gasteiger partial charge < -0.3 is 10.1 Å². The van der Waals surface area contributed by atoms with Crippen LogP contribution in [-0.4, -0.2) is 25.2 Å². The second-order valence-electron chi connectivity index (χ2n) is 3.54. The quantitative estimate of drug-likeness (QED) is 0.641. The zero-order valence-electron chi connectivity index (χ0n) is 9.09. The van der Waals surface area contributed by atoms with E-state index in [1.165, 1.54) is 0 Å². The predicted octanol–water partition coefficient (Wildman–Crippen LogP) is 1.57. The van der Waals surface area contributed by atoms with Crippen molar-refractivity contribution < 1.29 is 9.53 Å². The Morgan fingerprint density at radius 3 is 2.46 bits per heavy atom. The molecule has 0 aliphatic heterocycles. The van der Waals surface area contributed by atoms with E-state index in [-0.39, 0.29) is 5.97 Å². The topological polar surface area (TPSA) is 38.3 Å². The second kappa shape index (κ2) is 6.89. The zero-order chi connectivity index (χ0) is 10.3. The minimum atomic E-state index is -0.119. The molecule has 0 heterocycles. The van der Waals surface area contributed by atoms with Gasteiger partial charge in [-0.15, -0.1) is 0 Å². The molecule has 0 aliphatic rings. The molecule has 0 bridgehead atoms. The lowest BCUT2D eigenvalue weighted by Gasteiger charge is -2.16. The summed E-state index contributed by atoms with van der Waals surface area (Å²) < 4.78 is 4.81. The molecular formula is C10H21NO2. The first kappa shape index (κ1) is 12.4. The summed E-state index contributed by atoms with van der Waals surface area (Å²) in [6.45, 7) is 9.43. The molecule has 78 valence electrons. The molecule has 3 heteroatoms. The minimum absolute atomic E-state index is 0.119. The molecule has 0 aromatic heterocycles. The Kier molecular flexibility index (Phi) is 6.59. The van der Waals surface area contributed by atoms with Gasteiger partial charge in [0.05, 0.1) is 13.0 Å². The van der Waals surface area contributed by atoms with Crippen molar-refractivity contribution in [2.45, 2.75) is 40.2 Å². The highest BCUT2D eigenvalue weighted by Gasteiger charge is 2.07. The van der Waals surface area contributed by atoms with Crippen LogP contribution in [0.4, 0.5) is 0 Å². The van der Waals surface area contributed by atoms with Crippen LogP contribution in [0.5, 0.6) is 0 Å². The number of nitrogens with one attached hydrogen (secondary N) is 1. The number of hydrogen-bond acceptors (Lipinski definition) is 3. The van der Waals surface area contributed by atoms with Crippen LogP contribution in [0.25, 0.3) is 0 Å². The SMILES string of the molecule is CCOC(=O)CCN[C@@H](C)C(C)C. The molecule has 13 heavy (non-hydrogen) atoms. The van der Waals surface area contributed by atoms with Crippen LogP contribution < -0.4 is 5.32 Å². The summed E-state index contributed by atoms with van der Waals surface area (Å²) in [5.41, 5.74) is 0. The van der Waals surface area contributed by atoms with Crippen molar-refractivity contribution in [3.63, 3.8) is 0 Å². The Hall–Kier alpha value is -0.570. The van der Waals surface area contributed by atoms with Crippen molar-refractivity contribution in [1.82, 2.24) is 5.32 Å². The van der Waals surface area contributed by atoms with Gasteiger partial charge in [0.1, 0.15) is 0 Å². The molecule has 0 rings (SSSR count). The van der Waals surface area contributed by atoms with Crippen LogP contribution in [-0.2, 0) is 9.53 Å². The zero-order valence-corrected chi connectivity index (χ0v) is 9.09. The first-order chi connectivity index (χ1) is 6.07. The van der Waals surface area contributed by atoms with Gasteiger partial charge in [-0.3, -0.25) is 4.79 Å². The van der Waals surface area contributed by atoms with Gasteiger partial charge >= 0.3 is 5.97 Å². The first-order valence-corrected chi connectivity index (χ1v) is 4.97. The summed E-state index contributed by atoms with van der Waals surface area (Å²) in [7, 11) is 0. The Morgan fingerprint density at radius 2 is 2.00 bits per heavy atom. The van der Waals surface area contributed by atoms with E-state index in [4.69, 9.17) is 4.74 Å². The van der Waals surface area contributed by atoms with E-state index < -0.39 is 0 Å². The highest BCUT2D eigenvalue weighted by Crippen LogP contribution is 1.99. The van der Waals surface area contributed by atoms with Gasteiger partial charge in [0, 0.05) is 12.6 Å². The summed E-state index contributed by atoms with van der Waals surface area (Å²) in [5, 5.41) is 3.27. The predicted molar refractivity (Wildman–Crippen MR) is 53.6 cm³/mol. The number of esters is 1. The van der Waals surface area contributed by atoms with E-state index in [1.807, 2.05) is 6.92 Å². The Morgan fingerprint density at radius 1 is 1.38 bits per heavy atom. The van der Waals surface area contributed by atoms with Crippen LogP contribution in [0.15, 0.2) is 0 Å². The molecule has 0 unspecified atom stereocenters. The van der Waals surface area contributed by atoms with Gasteiger partial charge in [0.15, 0.2) is 0 Å². The fraction of sp³-hybridized carbons (Fsp3) is 0.900. The molecule has 0 spiro atoms. The number of carbonyl (C=O) groups is 1. The summed E-state index contributed by atoms with van der Waals surface area (Å²) in [5.74, 6) is 0.480. The standard InChI is InChI=1S/C10H21NO2/c1-5-13-10(12)6-7-11-9(4)8(2)3/h8-9,11H,5-7H2,1-4H3/t9-/m0/s1. The molecule has 0 aromatic carbocycles. The lowest BCUT2D eigenvalue weighted by molar-refractivity contribution is -0.143. The number of carbonyl (C=O) groups excluding carboxylic acids is 1. The molecule has 0 aromatic rings. The maximum Gasteiger partial charge on any atom is 0.307 e. The van der Waals surface area contributed by atoms with Crippen molar-refractivity contribution in [1.29, 1.82) is 0 Å². The van der Waals surface area contributed by atoms with E-state index in [2.05, 4.69) is 26.1 Å². The molecule has 0 radical (unpaired) electrons. The van der Waals surface area contributed by atoms with Crippen LogP contribution in [0.1, 0.15) is 34.1 Å². The molecule has 1 atom stereocenters. The molecule has 0 aliphatic carbocycles. The Bertz CT molecular complexity index is 146. The Labute approximate surface area is 80.8 Å². The van der Waals surface area contributed by atoms with Gasteiger partial charge in [-0.25, -0.2) is 0 Å². The van der Waals surface area contributed by atoms with Gasteiger partial charge in [0.25, 0.3) is 0 Å². The van der Waals surface area contributed by atoms with Crippen molar-refractivity contribution in [3.05, 3.63) is 0 Å².